The predicted octanol–water partition coefficient (Wildman–Crippen LogP) is 2.72. The first kappa shape index (κ1) is 16.2. The van der Waals surface area contributed by atoms with E-state index < -0.39 is 11.9 Å². The number of rotatable bonds is 1. The van der Waals surface area contributed by atoms with Crippen molar-refractivity contribution in [3.63, 3.8) is 0 Å². The Hall–Kier alpha value is -1.63. The number of piperidine rings is 1. The van der Waals surface area contributed by atoms with Crippen molar-refractivity contribution in [1.82, 2.24) is 14.8 Å². The molecule has 7 heteroatoms. The number of carbonyl (C=O) groups excluding carboxylic acids is 1. The van der Waals surface area contributed by atoms with Gasteiger partial charge in [0.1, 0.15) is 5.69 Å². The van der Waals surface area contributed by atoms with Crippen LogP contribution < -0.4 is 0 Å². The van der Waals surface area contributed by atoms with E-state index in [4.69, 9.17) is 0 Å². The van der Waals surface area contributed by atoms with E-state index >= 15 is 0 Å². The first-order valence-corrected chi connectivity index (χ1v) is 7.94. The number of hydrogen-bond donors (Lipinski definition) is 0. The number of amides is 1. The molecule has 0 spiro atoms. The Kier molecular flexibility index (Phi) is 4.31. The minimum atomic E-state index is -4.49. The van der Waals surface area contributed by atoms with Gasteiger partial charge in [-0.05, 0) is 38.4 Å². The fourth-order valence-electron chi connectivity index (χ4n) is 3.46. The second-order valence-electron chi connectivity index (χ2n) is 6.26. The molecule has 3 heterocycles. The average Bonchev–Trinajstić information content (AvgIpc) is 2.53. The van der Waals surface area contributed by atoms with Crippen LogP contribution >= 0.6 is 0 Å². The number of aromatic nitrogens is 1. The van der Waals surface area contributed by atoms with Crippen LogP contribution in [0.4, 0.5) is 13.2 Å². The second-order valence-corrected chi connectivity index (χ2v) is 6.26. The summed E-state index contributed by atoms with van der Waals surface area (Å²) < 4.78 is 38.0. The molecule has 0 aliphatic carbocycles. The van der Waals surface area contributed by atoms with Crippen molar-refractivity contribution in [1.29, 1.82) is 0 Å². The molecule has 2 saturated heterocycles. The summed E-state index contributed by atoms with van der Waals surface area (Å²) in [5.74, 6) is -0.214. The van der Waals surface area contributed by atoms with E-state index in [0.717, 1.165) is 25.6 Å². The molecule has 0 N–H and O–H groups in total. The molecule has 3 rings (SSSR count). The molecule has 4 nitrogen and oxygen atoms in total. The smallest absolute Gasteiger partial charge is 0.336 e. The molecule has 2 aliphatic rings. The van der Waals surface area contributed by atoms with Gasteiger partial charge in [-0.1, -0.05) is 6.42 Å². The van der Waals surface area contributed by atoms with E-state index in [1.165, 1.54) is 25.8 Å². The lowest BCUT2D eigenvalue weighted by atomic mass is 9.99. The van der Waals surface area contributed by atoms with Crippen molar-refractivity contribution in [2.45, 2.75) is 38.4 Å². The maximum atomic E-state index is 12.7. The number of carbonyl (C=O) groups is 1. The molecule has 2 fully saturated rings. The standard InChI is InChI=1S/C16H20F3N3O/c1-11-13(5-6-14(20-11)16(17,18)19)15(23)22-9-8-21-7-3-2-4-12(21)10-22/h5-6,12H,2-4,7-10H2,1H3/t12-/m1/s1. The van der Waals surface area contributed by atoms with E-state index in [9.17, 15) is 18.0 Å². The summed E-state index contributed by atoms with van der Waals surface area (Å²) in [4.78, 5) is 20.4. The van der Waals surface area contributed by atoms with Crippen LogP contribution in [-0.2, 0) is 6.18 Å². The third-order valence-electron chi connectivity index (χ3n) is 4.73. The number of halogens is 3. The SMILES string of the molecule is Cc1nc(C(F)(F)F)ccc1C(=O)N1CCN2CCCC[C@@H]2C1. The van der Waals surface area contributed by atoms with Gasteiger partial charge in [0.25, 0.3) is 5.91 Å². The number of aryl methyl sites for hydroxylation is 1. The first-order valence-electron chi connectivity index (χ1n) is 7.94. The van der Waals surface area contributed by atoms with Gasteiger partial charge in [0.15, 0.2) is 0 Å². The normalized spacial score (nSPS) is 22.8. The summed E-state index contributed by atoms with van der Waals surface area (Å²) in [6.07, 6.45) is -1.04. The number of fused-ring (bicyclic) bond motifs is 1. The lowest BCUT2D eigenvalue weighted by molar-refractivity contribution is -0.141. The highest BCUT2D eigenvalue weighted by Crippen LogP contribution is 2.29. The molecule has 1 aromatic heterocycles. The highest BCUT2D eigenvalue weighted by atomic mass is 19.4. The summed E-state index contributed by atoms with van der Waals surface area (Å²) in [6.45, 7) is 4.64. The fraction of sp³-hybridized carbons (Fsp3) is 0.625. The van der Waals surface area contributed by atoms with Gasteiger partial charge < -0.3 is 4.90 Å². The molecule has 0 radical (unpaired) electrons. The molecule has 1 atom stereocenters. The van der Waals surface area contributed by atoms with Gasteiger partial charge in [0.05, 0.1) is 11.3 Å². The van der Waals surface area contributed by atoms with Gasteiger partial charge >= 0.3 is 6.18 Å². The predicted molar refractivity (Wildman–Crippen MR) is 79.1 cm³/mol. The number of nitrogens with zero attached hydrogens (tertiary/aromatic N) is 3. The molecule has 126 valence electrons. The van der Waals surface area contributed by atoms with Crippen LogP contribution in [0.15, 0.2) is 12.1 Å². The Morgan fingerprint density at radius 3 is 2.70 bits per heavy atom. The number of alkyl halides is 3. The Balaban J connectivity index is 1.75. The number of hydrogen-bond acceptors (Lipinski definition) is 3. The summed E-state index contributed by atoms with van der Waals surface area (Å²) in [7, 11) is 0. The summed E-state index contributed by atoms with van der Waals surface area (Å²) in [6, 6.07) is 2.52. The Morgan fingerprint density at radius 2 is 2.00 bits per heavy atom. The van der Waals surface area contributed by atoms with E-state index in [1.807, 2.05) is 0 Å². The molecular weight excluding hydrogens is 307 g/mol. The third-order valence-corrected chi connectivity index (χ3v) is 4.73. The van der Waals surface area contributed by atoms with Crippen molar-refractivity contribution in [3.05, 3.63) is 29.1 Å². The molecule has 0 unspecified atom stereocenters. The Labute approximate surface area is 133 Å². The van der Waals surface area contributed by atoms with Crippen molar-refractivity contribution < 1.29 is 18.0 Å². The van der Waals surface area contributed by atoms with Crippen LogP contribution in [0.3, 0.4) is 0 Å². The van der Waals surface area contributed by atoms with Crippen LogP contribution in [0.25, 0.3) is 0 Å². The van der Waals surface area contributed by atoms with Crippen LogP contribution in [0.2, 0.25) is 0 Å². The van der Waals surface area contributed by atoms with Crippen LogP contribution in [-0.4, -0.2) is 52.9 Å². The van der Waals surface area contributed by atoms with E-state index in [2.05, 4.69) is 9.88 Å². The highest BCUT2D eigenvalue weighted by molar-refractivity contribution is 5.95. The maximum Gasteiger partial charge on any atom is 0.433 e. The Morgan fingerprint density at radius 1 is 1.22 bits per heavy atom. The molecule has 2 aliphatic heterocycles. The lowest BCUT2D eigenvalue weighted by Gasteiger charge is -2.44. The van der Waals surface area contributed by atoms with Gasteiger partial charge in [-0.3, -0.25) is 9.69 Å². The molecule has 0 aromatic carbocycles. The first-order chi connectivity index (χ1) is 10.9. The average molecular weight is 327 g/mol. The van der Waals surface area contributed by atoms with Crippen molar-refractivity contribution in [3.8, 4) is 0 Å². The molecule has 0 saturated carbocycles. The van der Waals surface area contributed by atoms with Crippen molar-refractivity contribution in [2.75, 3.05) is 26.2 Å². The molecule has 1 amide bonds. The number of piperazine rings is 1. The number of pyridine rings is 1. The zero-order valence-electron chi connectivity index (χ0n) is 13.1. The maximum absolute atomic E-state index is 12.7. The van der Waals surface area contributed by atoms with Crippen LogP contribution in [0, 0.1) is 6.92 Å². The summed E-state index contributed by atoms with van der Waals surface area (Å²) in [5.41, 5.74) is -0.554. The fourth-order valence-corrected chi connectivity index (χ4v) is 3.46. The zero-order valence-corrected chi connectivity index (χ0v) is 13.1. The topological polar surface area (TPSA) is 36.4 Å². The van der Waals surface area contributed by atoms with Crippen molar-refractivity contribution >= 4 is 5.91 Å². The minimum absolute atomic E-state index is 0.135. The van der Waals surface area contributed by atoms with Gasteiger partial charge in [0.2, 0.25) is 0 Å². The van der Waals surface area contributed by atoms with Crippen LogP contribution in [0.1, 0.15) is 41.0 Å². The molecule has 1 aromatic rings. The van der Waals surface area contributed by atoms with Crippen molar-refractivity contribution in [2.24, 2.45) is 0 Å². The molecular formula is C16H20F3N3O. The van der Waals surface area contributed by atoms with E-state index in [0.29, 0.717) is 19.1 Å². The van der Waals surface area contributed by atoms with Gasteiger partial charge in [-0.25, -0.2) is 4.98 Å². The molecule has 0 bridgehead atoms. The summed E-state index contributed by atoms with van der Waals surface area (Å²) in [5, 5.41) is 0. The minimum Gasteiger partial charge on any atom is -0.336 e. The highest BCUT2D eigenvalue weighted by Gasteiger charge is 2.35. The van der Waals surface area contributed by atoms with Gasteiger partial charge in [-0.2, -0.15) is 13.2 Å². The Bertz CT molecular complexity index is 603. The van der Waals surface area contributed by atoms with E-state index in [-0.39, 0.29) is 17.2 Å². The lowest BCUT2D eigenvalue weighted by Crippen LogP contribution is -2.56. The van der Waals surface area contributed by atoms with Gasteiger partial charge in [0, 0.05) is 25.7 Å². The summed E-state index contributed by atoms with van der Waals surface area (Å²) >= 11 is 0. The van der Waals surface area contributed by atoms with E-state index in [1.54, 1.807) is 4.90 Å². The van der Waals surface area contributed by atoms with Gasteiger partial charge in [-0.15, -0.1) is 0 Å². The van der Waals surface area contributed by atoms with Crippen LogP contribution in [0.5, 0.6) is 0 Å². The quantitative estimate of drug-likeness (QED) is 0.796. The third kappa shape index (κ3) is 3.34. The largest absolute Gasteiger partial charge is 0.433 e. The monoisotopic (exact) mass is 327 g/mol. The molecule has 23 heavy (non-hydrogen) atoms. The second kappa shape index (κ2) is 6.11. The zero-order chi connectivity index (χ0) is 16.6.